The molecule has 2 unspecified atom stereocenters. The minimum absolute atomic E-state index is 0.109. The number of carbonyl (C=O) groups is 1. The first-order chi connectivity index (χ1) is 17.3. The molecule has 4 aromatic rings. The second-order valence-corrected chi connectivity index (χ2v) is 8.93. The number of carbonyl (C=O) groups excluding carboxylic acids is 1. The summed E-state index contributed by atoms with van der Waals surface area (Å²) in [5.74, 6) is -0.541. The van der Waals surface area contributed by atoms with Crippen LogP contribution in [0.3, 0.4) is 0 Å². The molecule has 0 fully saturated rings. The van der Waals surface area contributed by atoms with Crippen LogP contribution in [0.1, 0.15) is 33.0 Å². The lowest BCUT2D eigenvalue weighted by Crippen LogP contribution is -2.43. The maximum atomic E-state index is 13.6. The number of Topliss-reactive ketones (excluding diaryl/α,β-unsaturated/α-hetero) is 1. The van der Waals surface area contributed by atoms with Crippen molar-refractivity contribution in [3.05, 3.63) is 122 Å². The summed E-state index contributed by atoms with van der Waals surface area (Å²) in [7, 11) is 3.00. The summed E-state index contributed by atoms with van der Waals surface area (Å²) >= 11 is 0. The van der Waals surface area contributed by atoms with Crippen LogP contribution >= 0.6 is 0 Å². The first-order valence-corrected chi connectivity index (χ1v) is 11.4. The summed E-state index contributed by atoms with van der Waals surface area (Å²) in [6.45, 7) is 0. The largest absolute Gasteiger partial charge is 0.457 e. The van der Waals surface area contributed by atoms with Gasteiger partial charge in [-0.25, -0.2) is 14.2 Å². The molecule has 36 heavy (non-hydrogen) atoms. The van der Waals surface area contributed by atoms with Gasteiger partial charge in [0.1, 0.15) is 23.1 Å². The highest BCUT2D eigenvalue weighted by atomic mass is 19.1. The number of rotatable bonds is 3. The summed E-state index contributed by atoms with van der Waals surface area (Å²) in [5.41, 5.74) is 1.89. The number of nitrogens with zero attached hydrogens (tertiary/aromatic N) is 3. The quantitative estimate of drug-likeness (QED) is 0.441. The molecule has 0 radical (unpaired) electrons. The lowest BCUT2D eigenvalue weighted by Gasteiger charge is -2.30. The van der Waals surface area contributed by atoms with Crippen molar-refractivity contribution >= 4 is 17.3 Å². The maximum Gasteiger partial charge on any atom is 0.332 e. The lowest BCUT2D eigenvalue weighted by atomic mass is 9.76. The third kappa shape index (κ3) is 3.18. The molecule has 0 saturated carbocycles. The highest BCUT2D eigenvalue weighted by molar-refractivity contribution is 6.30. The van der Waals surface area contributed by atoms with Crippen LogP contribution in [0.2, 0.25) is 0 Å². The SMILES string of the molecule is Cn1c2c(c(=O)n(C)c1=O)C(c1ccc(Oc3ccc(F)cc3)cc1)C1C(=O)c3ccccc3C1=N2. The van der Waals surface area contributed by atoms with E-state index in [9.17, 15) is 18.8 Å². The summed E-state index contributed by atoms with van der Waals surface area (Å²) in [4.78, 5) is 44.4. The molecule has 0 spiro atoms. The highest BCUT2D eigenvalue weighted by Gasteiger charge is 2.47. The van der Waals surface area contributed by atoms with Gasteiger partial charge in [0.05, 0.1) is 17.2 Å². The van der Waals surface area contributed by atoms with E-state index in [-0.39, 0.29) is 17.4 Å². The van der Waals surface area contributed by atoms with Crippen molar-refractivity contribution in [3.63, 3.8) is 0 Å². The fraction of sp³-hybridized carbons (Fsp3) is 0.143. The number of aliphatic imine (C=N–C) groups is 1. The normalized spacial score (nSPS) is 17.8. The van der Waals surface area contributed by atoms with Gasteiger partial charge in [0.25, 0.3) is 5.56 Å². The topological polar surface area (TPSA) is 82.7 Å². The number of ether oxygens (including phenoxy) is 1. The van der Waals surface area contributed by atoms with Crippen molar-refractivity contribution < 1.29 is 13.9 Å². The Labute approximate surface area is 204 Å². The first-order valence-electron chi connectivity index (χ1n) is 11.4. The van der Waals surface area contributed by atoms with Gasteiger partial charge in [0.15, 0.2) is 5.78 Å². The Morgan fingerprint density at radius 2 is 1.39 bits per heavy atom. The van der Waals surface area contributed by atoms with Gasteiger partial charge in [-0.15, -0.1) is 0 Å². The molecule has 3 aromatic carbocycles. The molecule has 2 heterocycles. The van der Waals surface area contributed by atoms with Crippen molar-refractivity contribution in [2.45, 2.75) is 5.92 Å². The Morgan fingerprint density at radius 3 is 2.06 bits per heavy atom. The van der Waals surface area contributed by atoms with E-state index in [1.807, 2.05) is 12.1 Å². The monoisotopic (exact) mass is 481 g/mol. The zero-order chi connectivity index (χ0) is 25.1. The van der Waals surface area contributed by atoms with Crippen molar-refractivity contribution in [2.75, 3.05) is 0 Å². The number of hydrogen-bond donors (Lipinski definition) is 0. The van der Waals surface area contributed by atoms with Gasteiger partial charge in [-0.1, -0.05) is 36.4 Å². The second kappa shape index (κ2) is 7.98. The van der Waals surface area contributed by atoms with E-state index in [4.69, 9.17) is 9.73 Å². The van der Waals surface area contributed by atoms with Crippen LogP contribution in [-0.4, -0.2) is 20.6 Å². The lowest BCUT2D eigenvalue weighted by molar-refractivity contribution is 0.0953. The fourth-order valence-corrected chi connectivity index (χ4v) is 5.11. The molecule has 6 rings (SSSR count). The minimum Gasteiger partial charge on any atom is -0.457 e. The molecule has 178 valence electrons. The Morgan fingerprint density at radius 1 is 0.778 bits per heavy atom. The number of benzene rings is 3. The summed E-state index contributed by atoms with van der Waals surface area (Å²) in [5, 5.41) is 0. The molecular weight excluding hydrogens is 461 g/mol. The molecule has 0 N–H and O–H groups in total. The molecule has 0 saturated heterocycles. The third-order valence-corrected chi connectivity index (χ3v) is 6.87. The summed E-state index contributed by atoms with van der Waals surface area (Å²) in [6, 6.07) is 20.0. The molecule has 1 aliphatic heterocycles. The number of ketones is 1. The van der Waals surface area contributed by atoms with Gasteiger partial charge in [0.2, 0.25) is 0 Å². The zero-order valence-corrected chi connectivity index (χ0v) is 19.4. The summed E-state index contributed by atoms with van der Waals surface area (Å²) < 4.78 is 21.4. The van der Waals surface area contributed by atoms with E-state index in [2.05, 4.69) is 0 Å². The Kier molecular flexibility index (Phi) is 4.86. The molecule has 7 nitrogen and oxygen atoms in total. The van der Waals surface area contributed by atoms with Crippen LogP contribution in [0.15, 0.2) is 87.4 Å². The van der Waals surface area contributed by atoms with Gasteiger partial charge >= 0.3 is 5.69 Å². The van der Waals surface area contributed by atoms with Crippen LogP contribution in [0.5, 0.6) is 11.5 Å². The molecule has 2 atom stereocenters. The zero-order valence-electron chi connectivity index (χ0n) is 19.4. The highest BCUT2D eigenvalue weighted by Crippen LogP contribution is 2.46. The van der Waals surface area contributed by atoms with Gasteiger partial charge in [-0.2, -0.15) is 0 Å². The van der Waals surface area contributed by atoms with Gasteiger partial charge in [-0.05, 0) is 42.0 Å². The number of hydrogen-bond acceptors (Lipinski definition) is 5. The number of fused-ring (bicyclic) bond motifs is 4. The third-order valence-electron chi connectivity index (χ3n) is 6.87. The molecule has 0 amide bonds. The van der Waals surface area contributed by atoms with Crippen LogP contribution in [0.25, 0.3) is 0 Å². The molecule has 1 aliphatic carbocycles. The van der Waals surface area contributed by atoms with Crippen molar-refractivity contribution in [1.82, 2.24) is 9.13 Å². The predicted octanol–water partition coefficient (Wildman–Crippen LogP) is 4.09. The van der Waals surface area contributed by atoms with Gasteiger partial charge in [0, 0.05) is 31.1 Å². The Balaban J connectivity index is 1.51. The average molecular weight is 481 g/mol. The Hall–Kier alpha value is -4.59. The van der Waals surface area contributed by atoms with E-state index < -0.39 is 23.1 Å². The van der Waals surface area contributed by atoms with E-state index in [1.165, 1.54) is 35.9 Å². The smallest absolute Gasteiger partial charge is 0.332 e. The fourth-order valence-electron chi connectivity index (χ4n) is 5.11. The second-order valence-electron chi connectivity index (χ2n) is 8.93. The van der Waals surface area contributed by atoms with E-state index in [1.54, 1.807) is 43.4 Å². The standard InChI is InChI=1S/C28H20FN3O4/c1-31-26-23(27(34)32(2)28(31)35)21(22-24(30-26)19-5-3-4-6-20(19)25(22)33)15-7-11-17(12-8-15)36-18-13-9-16(29)10-14-18/h3-14,21-22H,1-2H3. The van der Waals surface area contributed by atoms with Gasteiger partial charge < -0.3 is 4.74 Å². The first kappa shape index (κ1) is 21.9. The molecule has 1 aromatic heterocycles. The summed E-state index contributed by atoms with van der Waals surface area (Å²) in [6.07, 6.45) is 0. The number of halogens is 1. The number of aromatic nitrogens is 2. The van der Waals surface area contributed by atoms with Crippen LogP contribution in [0.4, 0.5) is 10.2 Å². The van der Waals surface area contributed by atoms with E-state index >= 15 is 0 Å². The van der Waals surface area contributed by atoms with E-state index in [0.717, 1.165) is 10.1 Å². The van der Waals surface area contributed by atoms with Crippen LogP contribution in [0, 0.1) is 11.7 Å². The predicted molar refractivity (Wildman–Crippen MR) is 132 cm³/mol. The van der Waals surface area contributed by atoms with Crippen molar-refractivity contribution in [3.8, 4) is 11.5 Å². The van der Waals surface area contributed by atoms with Gasteiger partial charge in [-0.3, -0.25) is 18.7 Å². The van der Waals surface area contributed by atoms with Crippen molar-refractivity contribution in [1.29, 1.82) is 0 Å². The molecule has 2 aliphatic rings. The minimum atomic E-state index is -0.691. The maximum absolute atomic E-state index is 13.6. The van der Waals surface area contributed by atoms with E-state index in [0.29, 0.717) is 33.9 Å². The molecule has 8 heteroatoms. The van der Waals surface area contributed by atoms with Crippen molar-refractivity contribution in [2.24, 2.45) is 25.0 Å². The average Bonchev–Trinajstić information content (AvgIpc) is 3.18. The van der Waals surface area contributed by atoms with Crippen LogP contribution in [-0.2, 0) is 14.1 Å². The molecular formula is C28H20FN3O4. The van der Waals surface area contributed by atoms with Crippen LogP contribution < -0.4 is 16.0 Å². The molecule has 0 bridgehead atoms. The Bertz CT molecular complexity index is 1700.